The van der Waals surface area contributed by atoms with Crippen molar-refractivity contribution in [1.82, 2.24) is 9.80 Å². The van der Waals surface area contributed by atoms with Crippen LogP contribution in [0.3, 0.4) is 0 Å². The maximum atomic E-state index is 12.2. The van der Waals surface area contributed by atoms with Crippen molar-refractivity contribution in [1.29, 1.82) is 0 Å². The van der Waals surface area contributed by atoms with Crippen LogP contribution in [0.25, 0.3) is 0 Å². The fourth-order valence-electron chi connectivity index (χ4n) is 1.82. The van der Waals surface area contributed by atoms with Crippen LogP contribution in [0.2, 0.25) is 0 Å². The minimum atomic E-state index is -1.07. The van der Waals surface area contributed by atoms with E-state index in [1.807, 2.05) is 20.0 Å². The van der Waals surface area contributed by atoms with Gasteiger partial charge in [-0.2, -0.15) is 0 Å². The minimum Gasteiger partial charge on any atom is -0.480 e. The number of thiocarbonyl (C=S) groups is 1. The van der Waals surface area contributed by atoms with Gasteiger partial charge in [0.25, 0.3) is 5.91 Å². The summed E-state index contributed by atoms with van der Waals surface area (Å²) in [6, 6.07) is 0. The second kappa shape index (κ2) is 8.03. The number of thioether (sulfide) groups is 2. The summed E-state index contributed by atoms with van der Waals surface area (Å²) in [5.74, 6) is -0.345. The first-order valence-corrected chi connectivity index (χ1v) is 8.13. The number of carbonyl (C=O) groups is 2. The van der Waals surface area contributed by atoms with Crippen LogP contribution in [0.4, 0.5) is 0 Å². The largest absolute Gasteiger partial charge is 0.480 e. The predicted octanol–water partition coefficient (Wildman–Crippen LogP) is 1.34. The fraction of sp³-hybridized carbons (Fsp3) is 0.417. The van der Waals surface area contributed by atoms with Gasteiger partial charge in [-0.25, -0.2) is 0 Å². The molecule has 0 aromatic carbocycles. The first-order valence-electron chi connectivity index (χ1n) is 5.92. The predicted molar refractivity (Wildman–Crippen MR) is 91.2 cm³/mol. The second-order valence-corrected chi connectivity index (χ2v) is 7.18. The molecule has 2 fully saturated rings. The topological polar surface area (TPSA) is 60.9 Å². The second-order valence-electron chi connectivity index (χ2n) is 4.42. The molecule has 2 aliphatic heterocycles. The average Bonchev–Trinajstić information content (AvgIpc) is 2.88. The van der Waals surface area contributed by atoms with Crippen LogP contribution < -0.4 is 0 Å². The van der Waals surface area contributed by atoms with E-state index in [0.29, 0.717) is 9.23 Å². The maximum absolute atomic E-state index is 12.2. The monoisotopic (exact) mass is 353 g/mol. The van der Waals surface area contributed by atoms with Crippen molar-refractivity contribution in [2.24, 2.45) is 0 Å². The summed E-state index contributed by atoms with van der Waals surface area (Å²) >= 11 is 7.98. The van der Waals surface area contributed by atoms with Gasteiger partial charge >= 0.3 is 5.97 Å². The Hall–Kier alpha value is 0.01000. The van der Waals surface area contributed by atoms with E-state index in [4.69, 9.17) is 17.3 Å². The van der Waals surface area contributed by atoms with Crippen LogP contribution in [0, 0.1) is 0 Å². The molecule has 0 bridgehead atoms. The van der Waals surface area contributed by atoms with Crippen LogP contribution >= 0.6 is 35.7 Å². The van der Waals surface area contributed by atoms with Gasteiger partial charge in [0, 0.05) is 48.9 Å². The fourth-order valence-corrected chi connectivity index (χ4v) is 4.22. The van der Waals surface area contributed by atoms with Crippen molar-refractivity contribution in [3.05, 3.63) is 21.6 Å². The van der Waals surface area contributed by atoms with Crippen molar-refractivity contribution >= 4 is 81.5 Å². The summed E-state index contributed by atoms with van der Waals surface area (Å²) < 4.78 is 0.303. The Balaban J connectivity index is 0.00000220. The molecule has 2 heterocycles. The Labute approximate surface area is 159 Å². The average molecular weight is 353 g/mol. The Morgan fingerprint density at radius 3 is 2.71 bits per heavy atom. The van der Waals surface area contributed by atoms with Crippen LogP contribution in [0.5, 0.6) is 0 Å². The molecule has 2 aliphatic rings. The maximum Gasteiger partial charge on any atom is 0.323 e. The Kier molecular flexibility index (Phi) is 7.29. The van der Waals surface area contributed by atoms with Gasteiger partial charge in [-0.15, -0.1) is 11.8 Å². The Morgan fingerprint density at radius 1 is 1.52 bits per heavy atom. The normalized spacial score (nSPS) is 22.9. The van der Waals surface area contributed by atoms with Gasteiger partial charge in [0.15, 0.2) is 0 Å². The van der Waals surface area contributed by atoms with Gasteiger partial charge in [-0.1, -0.05) is 24.0 Å². The molecule has 21 heavy (non-hydrogen) atoms. The standard InChI is InChI=1S/C12H14N2O3S3.Na/c1-7(5-8-13(2)3-4-19-8)10-11(17)14(6-9(15)16)12(18)20-10;/h5H,3-4,6H2,1-2H3,(H,15,16);. The molecule has 0 spiro atoms. The van der Waals surface area contributed by atoms with E-state index < -0.39 is 5.97 Å². The number of rotatable bonds is 3. The molecule has 2 rings (SSSR count). The minimum absolute atomic E-state index is 0. The van der Waals surface area contributed by atoms with Crippen LogP contribution in [0.1, 0.15) is 6.92 Å². The molecule has 1 N–H and O–H groups in total. The third kappa shape index (κ3) is 4.49. The van der Waals surface area contributed by atoms with E-state index in [1.165, 1.54) is 11.8 Å². The zero-order valence-electron chi connectivity index (χ0n) is 12.1. The van der Waals surface area contributed by atoms with E-state index in [-0.39, 0.29) is 42.0 Å². The van der Waals surface area contributed by atoms with Crippen molar-refractivity contribution in [2.75, 3.05) is 25.9 Å². The molecule has 2 saturated heterocycles. The van der Waals surface area contributed by atoms with Crippen LogP contribution in [-0.2, 0) is 9.59 Å². The Morgan fingerprint density at radius 2 is 2.19 bits per heavy atom. The Bertz CT molecular complexity index is 548. The third-order valence-electron chi connectivity index (χ3n) is 2.89. The molecule has 0 aromatic heterocycles. The number of hydrogen-bond donors (Lipinski definition) is 1. The molecule has 109 valence electrons. The van der Waals surface area contributed by atoms with Crippen LogP contribution in [0.15, 0.2) is 21.6 Å². The molecule has 9 heteroatoms. The first-order chi connectivity index (χ1) is 9.40. The molecular weight excluding hydrogens is 339 g/mol. The number of amides is 1. The summed E-state index contributed by atoms with van der Waals surface area (Å²) in [5, 5.41) is 9.91. The summed E-state index contributed by atoms with van der Waals surface area (Å²) in [5.41, 5.74) is 0.825. The molecule has 1 radical (unpaired) electrons. The SMILES string of the molecule is CC(C=C1SCCN1C)=C1SC(=S)N(CC(=O)O)C1=O.[Na]. The first kappa shape index (κ1) is 19.1. The zero-order valence-corrected chi connectivity index (χ0v) is 16.5. The van der Waals surface area contributed by atoms with Gasteiger partial charge in [0.2, 0.25) is 0 Å². The van der Waals surface area contributed by atoms with Gasteiger partial charge in [0.05, 0.1) is 9.93 Å². The molecule has 0 atom stereocenters. The van der Waals surface area contributed by atoms with Gasteiger partial charge in [0.1, 0.15) is 10.9 Å². The summed E-state index contributed by atoms with van der Waals surface area (Å²) in [6.07, 6.45) is 1.96. The van der Waals surface area contributed by atoms with Crippen molar-refractivity contribution in [2.45, 2.75) is 6.92 Å². The number of aliphatic carboxylic acids is 1. The third-order valence-corrected chi connectivity index (χ3v) is 5.57. The van der Waals surface area contributed by atoms with Crippen molar-refractivity contribution in [3.8, 4) is 0 Å². The molecule has 0 aromatic rings. The number of carboxylic acid groups (broad SMARTS) is 1. The number of nitrogens with zero attached hydrogens (tertiary/aromatic N) is 2. The summed E-state index contributed by atoms with van der Waals surface area (Å²) in [6.45, 7) is 2.46. The molecule has 0 saturated carbocycles. The number of carbonyl (C=O) groups excluding carboxylic acids is 1. The van der Waals surface area contributed by atoms with Crippen molar-refractivity contribution < 1.29 is 14.7 Å². The van der Waals surface area contributed by atoms with E-state index >= 15 is 0 Å². The molecule has 1 amide bonds. The number of allylic oxidation sites excluding steroid dienone is 2. The van der Waals surface area contributed by atoms with Gasteiger partial charge in [-0.3, -0.25) is 14.5 Å². The van der Waals surface area contributed by atoms with Crippen LogP contribution in [-0.4, -0.2) is 86.6 Å². The number of carboxylic acids is 1. The zero-order chi connectivity index (χ0) is 14.9. The smallest absolute Gasteiger partial charge is 0.323 e. The summed E-state index contributed by atoms with van der Waals surface area (Å²) in [7, 11) is 2.01. The quantitative estimate of drug-likeness (QED) is 0.467. The van der Waals surface area contributed by atoms with Gasteiger partial charge in [-0.05, 0) is 18.6 Å². The van der Waals surface area contributed by atoms with E-state index in [1.54, 1.807) is 11.8 Å². The van der Waals surface area contributed by atoms with Gasteiger partial charge < -0.3 is 10.0 Å². The number of hydrogen-bond acceptors (Lipinski definition) is 6. The van der Waals surface area contributed by atoms with E-state index in [2.05, 4.69) is 4.90 Å². The molecule has 0 aliphatic carbocycles. The molecule has 0 unspecified atom stereocenters. The summed E-state index contributed by atoms with van der Waals surface area (Å²) in [4.78, 5) is 26.7. The molecule has 5 nitrogen and oxygen atoms in total. The molecular formula is C12H14N2NaO3S3. The van der Waals surface area contributed by atoms with E-state index in [0.717, 1.165) is 27.8 Å². The van der Waals surface area contributed by atoms with Crippen molar-refractivity contribution in [3.63, 3.8) is 0 Å². The van der Waals surface area contributed by atoms with E-state index in [9.17, 15) is 9.59 Å².